The Balaban J connectivity index is 1.59. The summed E-state index contributed by atoms with van der Waals surface area (Å²) in [6, 6.07) is 19.8. The first-order chi connectivity index (χ1) is 16.7. The fourth-order valence-electron chi connectivity index (χ4n) is 4.57. The van der Waals surface area contributed by atoms with E-state index in [2.05, 4.69) is 19.2 Å². The zero-order chi connectivity index (χ0) is 25.3. The molecule has 0 spiro atoms. The maximum absolute atomic E-state index is 13.6. The van der Waals surface area contributed by atoms with Crippen molar-refractivity contribution < 1.29 is 14.4 Å². The number of amides is 3. The molecule has 2 atom stereocenters. The second kappa shape index (κ2) is 9.74. The van der Waals surface area contributed by atoms with Gasteiger partial charge in [0, 0.05) is 11.3 Å². The van der Waals surface area contributed by atoms with Gasteiger partial charge < -0.3 is 11.1 Å². The smallest absolute Gasteiger partial charge is 0.256 e. The van der Waals surface area contributed by atoms with Crippen molar-refractivity contribution in [2.75, 3.05) is 10.6 Å². The van der Waals surface area contributed by atoms with Crippen LogP contribution in [0.3, 0.4) is 0 Å². The normalized spacial score (nSPS) is 15.7. The van der Waals surface area contributed by atoms with Crippen molar-refractivity contribution in [3.63, 3.8) is 0 Å². The number of carbonyl (C=O) groups excluding carboxylic acids is 3. The predicted molar refractivity (Wildman–Crippen MR) is 139 cm³/mol. The summed E-state index contributed by atoms with van der Waals surface area (Å²) >= 11 is 0. The average molecular weight is 470 g/mol. The summed E-state index contributed by atoms with van der Waals surface area (Å²) in [5, 5.41) is 2.77. The minimum atomic E-state index is -0.899. The predicted octanol–water partition coefficient (Wildman–Crippen LogP) is 4.78. The minimum absolute atomic E-state index is 0.148. The third kappa shape index (κ3) is 4.69. The number of hydrogen-bond acceptors (Lipinski definition) is 4. The Morgan fingerprint density at radius 3 is 2.34 bits per heavy atom. The van der Waals surface area contributed by atoms with E-state index in [9.17, 15) is 14.4 Å². The van der Waals surface area contributed by atoms with Crippen LogP contribution in [0.5, 0.6) is 0 Å². The summed E-state index contributed by atoms with van der Waals surface area (Å²) in [5.74, 6) is -1.27. The van der Waals surface area contributed by atoms with Crippen LogP contribution in [0.1, 0.15) is 56.2 Å². The molecule has 0 saturated carbocycles. The van der Waals surface area contributed by atoms with Crippen LogP contribution < -0.4 is 16.0 Å². The highest BCUT2D eigenvalue weighted by Crippen LogP contribution is 2.44. The maximum Gasteiger partial charge on any atom is 0.256 e. The lowest BCUT2D eigenvalue weighted by Crippen LogP contribution is -2.50. The number of benzene rings is 3. The van der Waals surface area contributed by atoms with Crippen molar-refractivity contribution >= 4 is 29.1 Å². The molecule has 0 saturated heterocycles. The SMILES string of the molecule is CC(C)c1ccc(CC(=O)N[C@@H](C)C(=O)N2C(=O)C(C)c3ccccc3-c3c(N)cccc32)cc1. The number of nitrogen functional groups attached to an aromatic ring is 1. The number of carbonyl (C=O) groups is 3. The van der Waals surface area contributed by atoms with Crippen molar-refractivity contribution in [3.05, 3.63) is 83.4 Å². The van der Waals surface area contributed by atoms with Gasteiger partial charge in [-0.3, -0.25) is 14.4 Å². The summed E-state index contributed by atoms with van der Waals surface area (Å²) < 4.78 is 0. The molecule has 3 aromatic rings. The Morgan fingerprint density at radius 1 is 0.971 bits per heavy atom. The van der Waals surface area contributed by atoms with Gasteiger partial charge in [-0.25, -0.2) is 4.90 Å². The first-order valence-electron chi connectivity index (χ1n) is 11.9. The third-order valence-electron chi connectivity index (χ3n) is 6.58. The average Bonchev–Trinajstić information content (AvgIpc) is 2.92. The molecule has 3 amide bonds. The van der Waals surface area contributed by atoms with Crippen molar-refractivity contribution in [1.29, 1.82) is 0 Å². The van der Waals surface area contributed by atoms with E-state index in [0.717, 1.165) is 16.7 Å². The number of fused-ring (bicyclic) bond motifs is 3. The van der Waals surface area contributed by atoms with Crippen molar-refractivity contribution in [1.82, 2.24) is 5.32 Å². The Bertz CT molecular complexity index is 1280. The van der Waals surface area contributed by atoms with Gasteiger partial charge >= 0.3 is 0 Å². The lowest BCUT2D eigenvalue weighted by Gasteiger charge is -2.26. The molecule has 180 valence electrons. The Hall–Kier alpha value is -3.93. The molecule has 35 heavy (non-hydrogen) atoms. The van der Waals surface area contributed by atoms with Gasteiger partial charge in [0.15, 0.2) is 0 Å². The van der Waals surface area contributed by atoms with E-state index in [-0.39, 0.29) is 18.2 Å². The molecule has 0 bridgehead atoms. The van der Waals surface area contributed by atoms with Gasteiger partial charge in [0.1, 0.15) is 6.04 Å². The van der Waals surface area contributed by atoms with Crippen LogP contribution >= 0.6 is 0 Å². The molecule has 0 fully saturated rings. The van der Waals surface area contributed by atoms with Crippen LogP contribution in [0.2, 0.25) is 0 Å². The molecule has 0 radical (unpaired) electrons. The lowest BCUT2D eigenvalue weighted by molar-refractivity contribution is -0.131. The van der Waals surface area contributed by atoms with Crippen molar-refractivity contribution in [2.45, 2.75) is 52.0 Å². The molecule has 1 aliphatic rings. The van der Waals surface area contributed by atoms with E-state index in [1.165, 1.54) is 10.5 Å². The van der Waals surface area contributed by atoms with Crippen LogP contribution in [0, 0.1) is 0 Å². The van der Waals surface area contributed by atoms with Gasteiger partial charge in [-0.05, 0) is 54.2 Å². The summed E-state index contributed by atoms with van der Waals surface area (Å²) in [4.78, 5) is 41.0. The quantitative estimate of drug-likeness (QED) is 0.526. The number of hydrogen-bond donors (Lipinski definition) is 2. The number of nitrogens with two attached hydrogens (primary N) is 1. The van der Waals surface area contributed by atoms with Crippen molar-refractivity contribution in [3.8, 4) is 11.1 Å². The minimum Gasteiger partial charge on any atom is -0.398 e. The zero-order valence-electron chi connectivity index (χ0n) is 20.5. The van der Waals surface area contributed by atoms with Crippen LogP contribution in [-0.4, -0.2) is 23.8 Å². The number of imide groups is 1. The topological polar surface area (TPSA) is 92.5 Å². The first-order valence-corrected chi connectivity index (χ1v) is 11.9. The van der Waals surface area contributed by atoms with Gasteiger partial charge in [-0.15, -0.1) is 0 Å². The molecule has 6 nitrogen and oxygen atoms in total. The van der Waals surface area contributed by atoms with Gasteiger partial charge in [-0.2, -0.15) is 0 Å². The summed E-state index contributed by atoms with van der Waals surface area (Å²) in [7, 11) is 0. The summed E-state index contributed by atoms with van der Waals surface area (Å²) in [6.45, 7) is 7.62. The highest BCUT2D eigenvalue weighted by Gasteiger charge is 2.37. The molecule has 0 aliphatic carbocycles. The molecule has 0 aromatic heterocycles. The van der Waals surface area contributed by atoms with Gasteiger partial charge in [0.05, 0.1) is 18.0 Å². The zero-order valence-corrected chi connectivity index (χ0v) is 20.5. The van der Waals surface area contributed by atoms with E-state index >= 15 is 0 Å². The van der Waals surface area contributed by atoms with Crippen LogP contribution in [0.15, 0.2) is 66.7 Å². The monoisotopic (exact) mass is 469 g/mol. The molecule has 1 unspecified atom stereocenters. The van der Waals surface area contributed by atoms with E-state index in [1.54, 1.807) is 32.0 Å². The van der Waals surface area contributed by atoms with E-state index < -0.39 is 17.9 Å². The second-order valence-electron chi connectivity index (χ2n) is 9.42. The number of nitrogens with one attached hydrogen (secondary N) is 1. The molecule has 3 N–H and O–H groups in total. The molecular formula is C29H31N3O3. The van der Waals surface area contributed by atoms with Gasteiger partial charge in [-0.1, -0.05) is 68.4 Å². The fraction of sp³-hybridized carbons (Fsp3) is 0.276. The Morgan fingerprint density at radius 2 is 1.66 bits per heavy atom. The van der Waals surface area contributed by atoms with E-state index in [1.807, 2.05) is 48.5 Å². The van der Waals surface area contributed by atoms with E-state index in [0.29, 0.717) is 22.9 Å². The van der Waals surface area contributed by atoms with Gasteiger partial charge in [0.25, 0.3) is 5.91 Å². The molecule has 6 heteroatoms. The first kappa shape index (κ1) is 24.2. The highest BCUT2D eigenvalue weighted by molar-refractivity contribution is 6.22. The second-order valence-corrected chi connectivity index (χ2v) is 9.42. The molecule has 4 rings (SSSR count). The number of anilines is 2. The summed E-state index contributed by atoms with van der Waals surface area (Å²) in [5.41, 5.74) is 11.6. The molecule has 3 aromatic carbocycles. The highest BCUT2D eigenvalue weighted by atomic mass is 16.2. The molecular weight excluding hydrogens is 438 g/mol. The third-order valence-corrected chi connectivity index (χ3v) is 6.58. The summed E-state index contributed by atoms with van der Waals surface area (Å²) in [6.07, 6.45) is 0.148. The number of nitrogens with zero attached hydrogens (tertiary/aromatic N) is 1. The van der Waals surface area contributed by atoms with Crippen LogP contribution in [0.4, 0.5) is 11.4 Å². The Labute approximate surface area is 206 Å². The maximum atomic E-state index is 13.6. The largest absolute Gasteiger partial charge is 0.398 e. The molecule has 1 aliphatic heterocycles. The molecule has 1 heterocycles. The van der Waals surface area contributed by atoms with E-state index in [4.69, 9.17) is 5.73 Å². The fourth-order valence-corrected chi connectivity index (χ4v) is 4.57. The van der Waals surface area contributed by atoms with Crippen LogP contribution in [0.25, 0.3) is 11.1 Å². The Kier molecular flexibility index (Phi) is 6.74. The van der Waals surface area contributed by atoms with Crippen molar-refractivity contribution in [2.24, 2.45) is 0 Å². The van der Waals surface area contributed by atoms with Crippen LogP contribution in [-0.2, 0) is 20.8 Å². The standard InChI is InChI=1S/C29H31N3O3/c1-17(2)21-14-12-20(13-15-21)16-26(33)31-19(4)29(35)32-25-11-7-10-24(30)27(25)23-9-6-5-8-22(23)18(3)28(32)34/h5-15,17-19H,16,30H2,1-4H3,(H,31,33)/t18?,19-/m0/s1. The van der Waals surface area contributed by atoms with Gasteiger partial charge in [0.2, 0.25) is 11.8 Å². The number of rotatable bonds is 5. The lowest BCUT2D eigenvalue weighted by atomic mass is 9.92.